The van der Waals surface area contributed by atoms with Crippen LogP contribution in [0.25, 0.3) is 10.8 Å². The Labute approximate surface area is 133 Å². The van der Waals surface area contributed by atoms with Crippen molar-refractivity contribution in [1.29, 1.82) is 0 Å². The Hall–Kier alpha value is -2.70. The molecule has 0 amide bonds. The number of carbonyl (C=O) groups is 1. The van der Waals surface area contributed by atoms with Gasteiger partial charge in [-0.3, -0.25) is 9.35 Å². The number of benzene rings is 3. The fourth-order valence-electron chi connectivity index (χ4n) is 2.52. The minimum absolute atomic E-state index is 0.0762. The molecule has 0 saturated heterocycles. The number of ketones is 1. The van der Waals surface area contributed by atoms with Crippen molar-refractivity contribution in [2.45, 2.75) is 4.90 Å². The zero-order chi connectivity index (χ0) is 16.6. The SMILES string of the molecule is Nc1c(S(=O)(=O)O)cc(C(=O)c2ccccc2)c2ccccc12. The molecule has 0 aliphatic heterocycles. The lowest BCUT2D eigenvalue weighted by Crippen LogP contribution is -2.09. The number of nitrogen functional groups attached to an aromatic ring is 1. The highest BCUT2D eigenvalue weighted by Gasteiger charge is 2.22. The number of nitrogens with two attached hydrogens (primary N) is 1. The van der Waals surface area contributed by atoms with Gasteiger partial charge in [-0.25, -0.2) is 0 Å². The van der Waals surface area contributed by atoms with E-state index in [4.69, 9.17) is 5.73 Å². The molecule has 3 aromatic carbocycles. The summed E-state index contributed by atoms with van der Waals surface area (Å²) in [5.74, 6) is -0.341. The molecule has 116 valence electrons. The molecule has 6 heteroatoms. The van der Waals surface area contributed by atoms with E-state index in [9.17, 15) is 17.8 Å². The first-order chi connectivity index (χ1) is 10.9. The van der Waals surface area contributed by atoms with E-state index in [1.54, 1.807) is 54.6 Å². The summed E-state index contributed by atoms with van der Waals surface area (Å²) in [5, 5.41) is 0.938. The topological polar surface area (TPSA) is 97.5 Å². The minimum Gasteiger partial charge on any atom is -0.397 e. The predicted octanol–water partition coefficient (Wildman–Crippen LogP) is 2.90. The fourth-order valence-corrected chi connectivity index (χ4v) is 3.17. The molecule has 0 spiro atoms. The van der Waals surface area contributed by atoms with Crippen LogP contribution in [-0.4, -0.2) is 18.8 Å². The van der Waals surface area contributed by atoms with Gasteiger partial charge in [0.25, 0.3) is 10.1 Å². The fraction of sp³-hybridized carbons (Fsp3) is 0. The van der Waals surface area contributed by atoms with E-state index in [0.717, 1.165) is 6.07 Å². The molecule has 0 saturated carbocycles. The average Bonchev–Trinajstić information content (AvgIpc) is 2.54. The lowest BCUT2D eigenvalue weighted by Gasteiger charge is -2.12. The zero-order valence-electron chi connectivity index (χ0n) is 11.9. The van der Waals surface area contributed by atoms with Gasteiger partial charge in [-0.15, -0.1) is 0 Å². The van der Waals surface area contributed by atoms with E-state index in [0.29, 0.717) is 16.3 Å². The van der Waals surface area contributed by atoms with Crippen LogP contribution in [0.4, 0.5) is 5.69 Å². The van der Waals surface area contributed by atoms with Crippen LogP contribution in [0.15, 0.2) is 65.6 Å². The lowest BCUT2D eigenvalue weighted by molar-refractivity contribution is 0.104. The van der Waals surface area contributed by atoms with Crippen molar-refractivity contribution in [3.05, 3.63) is 71.8 Å². The third kappa shape index (κ3) is 2.69. The molecule has 3 aromatic rings. The van der Waals surface area contributed by atoms with E-state index in [-0.39, 0.29) is 17.0 Å². The van der Waals surface area contributed by atoms with E-state index in [2.05, 4.69) is 0 Å². The summed E-state index contributed by atoms with van der Waals surface area (Å²) in [4.78, 5) is 12.3. The Morgan fingerprint density at radius 3 is 2.09 bits per heavy atom. The van der Waals surface area contributed by atoms with Gasteiger partial charge in [0, 0.05) is 16.5 Å². The van der Waals surface area contributed by atoms with Gasteiger partial charge in [0.05, 0.1) is 5.69 Å². The molecular weight excluding hydrogens is 314 g/mol. The number of rotatable bonds is 3. The number of anilines is 1. The largest absolute Gasteiger partial charge is 0.397 e. The van der Waals surface area contributed by atoms with Crippen molar-refractivity contribution in [2.24, 2.45) is 0 Å². The average molecular weight is 327 g/mol. The van der Waals surface area contributed by atoms with Crippen LogP contribution < -0.4 is 5.73 Å². The highest BCUT2D eigenvalue weighted by molar-refractivity contribution is 7.86. The van der Waals surface area contributed by atoms with Gasteiger partial charge in [-0.05, 0) is 11.5 Å². The number of hydrogen-bond acceptors (Lipinski definition) is 4. The molecule has 3 rings (SSSR count). The molecule has 0 aromatic heterocycles. The van der Waals surface area contributed by atoms with E-state index < -0.39 is 15.0 Å². The molecule has 3 N–H and O–H groups in total. The molecule has 0 aliphatic rings. The molecular formula is C17H13NO4S. The van der Waals surface area contributed by atoms with Gasteiger partial charge >= 0.3 is 0 Å². The van der Waals surface area contributed by atoms with E-state index in [1.807, 2.05) is 0 Å². The molecule has 0 aliphatic carbocycles. The first kappa shape index (κ1) is 15.2. The second kappa shape index (κ2) is 5.49. The van der Waals surface area contributed by atoms with Gasteiger partial charge in [-0.2, -0.15) is 8.42 Å². The number of carbonyl (C=O) groups excluding carboxylic acids is 1. The molecule has 0 heterocycles. The highest BCUT2D eigenvalue weighted by Crippen LogP contribution is 2.32. The van der Waals surface area contributed by atoms with Gasteiger partial charge in [0.15, 0.2) is 5.78 Å². The van der Waals surface area contributed by atoms with Gasteiger partial charge < -0.3 is 5.73 Å². The van der Waals surface area contributed by atoms with Crippen LogP contribution in [0.2, 0.25) is 0 Å². The first-order valence-corrected chi connectivity index (χ1v) is 8.22. The normalized spacial score (nSPS) is 11.5. The van der Waals surface area contributed by atoms with Crippen molar-refractivity contribution in [3.63, 3.8) is 0 Å². The van der Waals surface area contributed by atoms with Crippen LogP contribution in [0.1, 0.15) is 15.9 Å². The predicted molar refractivity (Wildman–Crippen MR) is 88.0 cm³/mol. The first-order valence-electron chi connectivity index (χ1n) is 6.78. The molecule has 23 heavy (non-hydrogen) atoms. The summed E-state index contributed by atoms with van der Waals surface area (Å²) >= 11 is 0. The maximum absolute atomic E-state index is 12.7. The third-order valence-electron chi connectivity index (χ3n) is 3.61. The molecule has 0 unspecified atom stereocenters. The number of hydrogen-bond donors (Lipinski definition) is 2. The second-order valence-corrected chi connectivity index (χ2v) is 6.44. The van der Waals surface area contributed by atoms with Crippen LogP contribution in [0.5, 0.6) is 0 Å². The van der Waals surface area contributed by atoms with Crippen molar-refractivity contribution in [2.75, 3.05) is 5.73 Å². The van der Waals surface area contributed by atoms with Crippen molar-refractivity contribution in [3.8, 4) is 0 Å². The Morgan fingerprint density at radius 1 is 0.913 bits per heavy atom. The third-order valence-corrected chi connectivity index (χ3v) is 4.50. The minimum atomic E-state index is -4.54. The van der Waals surface area contributed by atoms with Crippen molar-refractivity contribution < 1.29 is 17.8 Å². The van der Waals surface area contributed by atoms with Crippen LogP contribution >= 0.6 is 0 Å². The zero-order valence-corrected chi connectivity index (χ0v) is 12.7. The van der Waals surface area contributed by atoms with E-state index in [1.165, 1.54) is 0 Å². The molecule has 0 bridgehead atoms. The van der Waals surface area contributed by atoms with Crippen molar-refractivity contribution in [1.82, 2.24) is 0 Å². The summed E-state index contributed by atoms with van der Waals surface area (Å²) in [7, 11) is -4.54. The summed E-state index contributed by atoms with van der Waals surface area (Å²) in [6, 6.07) is 16.3. The molecule has 0 atom stereocenters. The standard InChI is InChI=1S/C17H13NO4S/c18-16-13-9-5-4-8-12(13)14(10-15(16)23(20,21)22)17(19)11-6-2-1-3-7-11/h1-10H,18H2,(H,20,21,22). The molecule has 5 nitrogen and oxygen atoms in total. The summed E-state index contributed by atoms with van der Waals surface area (Å²) < 4.78 is 32.5. The maximum atomic E-state index is 12.7. The summed E-state index contributed by atoms with van der Waals surface area (Å²) in [5.41, 5.74) is 6.38. The Balaban J connectivity index is 2.37. The molecule has 0 radical (unpaired) electrons. The molecule has 0 fully saturated rings. The second-order valence-electron chi connectivity index (χ2n) is 5.05. The summed E-state index contributed by atoms with van der Waals surface area (Å²) in [6.07, 6.45) is 0. The van der Waals surface area contributed by atoms with Crippen LogP contribution in [0, 0.1) is 0 Å². The monoisotopic (exact) mass is 327 g/mol. The summed E-state index contributed by atoms with van der Waals surface area (Å²) in [6.45, 7) is 0. The van der Waals surface area contributed by atoms with E-state index >= 15 is 0 Å². The Kier molecular flexibility index (Phi) is 3.63. The number of fused-ring (bicyclic) bond motifs is 1. The van der Waals surface area contributed by atoms with Gasteiger partial charge in [0.1, 0.15) is 4.90 Å². The Morgan fingerprint density at radius 2 is 1.48 bits per heavy atom. The van der Waals surface area contributed by atoms with Crippen LogP contribution in [0.3, 0.4) is 0 Å². The quantitative estimate of drug-likeness (QED) is 0.438. The smallest absolute Gasteiger partial charge is 0.296 e. The Bertz CT molecular complexity index is 1010. The van der Waals surface area contributed by atoms with Gasteiger partial charge in [-0.1, -0.05) is 54.6 Å². The highest BCUT2D eigenvalue weighted by atomic mass is 32.2. The van der Waals surface area contributed by atoms with Gasteiger partial charge in [0.2, 0.25) is 0 Å². The maximum Gasteiger partial charge on any atom is 0.296 e. The lowest BCUT2D eigenvalue weighted by atomic mass is 9.96. The van der Waals surface area contributed by atoms with Crippen LogP contribution in [-0.2, 0) is 10.1 Å². The van der Waals surface area contributed by atoms with Crippen molar-refractivity contribution >= 4 is 32.4 Å².